The number of aryl methyl sites for hydroxylation is 1. The van der Waals surface area contributed by atoms with E-state index in [-0.39, 0.29) is 17.9 Å². The number of methoxy groups -OCH3 is 2. The fraction of sp³-hybridized carbons (Fsp3) is 0.304. The lowest BCUT2D eigenvalue weighted by Crippen LogP contribution is -2.31. The minimum absolute atomic E-state index is 0.0140. The maximum Gasteiger partial charge on any atom is 0.295 e. The molecule has 1 fully saturated rings. The number of halogens is 2. The fourth-order valence-electron chi connectivity index (χ4n) is 3.71. The third-order valence-corrected chi connectivity index (χ3v) is 5.80. The molecule has 6 nitrogen and oxygen atoms in total. The fourth-order valence-corrected chi connectivity index (χ4v) is 4.22. The van der Waals surface area contributed by atoms with Crippen LogP contribution >= 0.6 is 23.2 Å². The minimum atomic E-state index is -0.844. The predicted molar refractivity (Wildman–Crippen MR) is 120 cm³/mol. The van der Waals surface area contributed by atoms with Crippen molar-refractivity contribution in [1.82, 2.24) is 4.90 Å². The van der Waals surface area contributed by atoms with Crippen LogP contribution in [0.1, 0.15) is 29.2 Å². The number of hydrogen-bond acceptors (Lipinski definition) is 5. The topological polar surface area (TPSA) is 76.1 Å². The summed E-state index contributed by atoms with van der Waals surface area (Å²) in [5.74, 6) is -1.10. The molecule has 2 aromatic rings. The molecule has 1 N–H and O–H groups in total. The van der Waals surface area contributed by atoms with Gasteiger partial charge in [0.25, 0.3) is 11.7 Å². The number of ether oxygens (including phenoxy) is 2. The van der Waals surface area contributed by atoms with E-state index >= 15 is 0 Å². The molecule has 1 heterocycles. The number of carbonyl (C=O) groups excluding carboxylic acids is 2. The molecule has 1 amide bonds. The van der Waals surface area contributed by atoms with E-state index in [1.807, 2.05) is 0 Å². The molecule has 3 rings (SSSR count). The molecule has 1 aliphatic heterocycles. The van der Waals surface area contributed by atoms with Crippen molar-refractivity contribution in [3.05, 3.63) is 68.7 Å². The quantitative estimate of drug-likeness (QED) is 0.277. The molecular weight excluding hydrogens is 441 g/mol. The van der Waals surface area contributed by atoms with Gasteiger partial charge < -0.3 is 19.5 Å². The Balaban J connectivity index is 2.18. The van der Waals surface area contributed by atoms with Crippen LogP contribution in [-0.2, 0) is 14.3 Å². The zero-order chi connectivity index (χ0) is 22.7. The molecule has 2 aromatic carbocycles. The molecule has 0 spiro atoms. The van der Waals surface area contributed by atoms with E-state index in [1.54, 1.807) is 57.5 Å². The van der Waals surface area contributed by atoms with Crippen molar-refractivity contribution in [3.8, 4) is 5.75 Å². The van der Waals surface area contributed by atoms with Crippen molar-refractivity contribution in [2.24, 2.45) is 0 Å². The molecule has 0 bridgehead atoms. The summed E-state index contributed by atoms with van der Waals surface area (Å²) in [7, 11) is 3.11. The Hall–Kier alpha value is -2.54. The summed E-state index contributed by atoms with van der Waals surface area (Å²) in [4.78, 5) is 27.3. The number of aliphatic hydroxyl groups is 1. The zero-order valence-electron chi connectivity index (χ0n) is 17.4. The van der Waals surface area contributed by atoms with Gasteiger partial charge in [-0.3, -0.25) is 9.59 Å². The normalized spacial score (nSPS) is 18.0. The summed E-state index contributed by atoms with van der Waals surface area (Å²) in [6, 6.07) is 9.09. The number of benzene rings is 2. The first kappa shape index (κ1) is 23.1. The number of nitrogens with zero attached hydrogens (tertiary/aromatic N) is 1. The average Bonchev–Trinajstić information content (AvgIpc) is 2.98. The standard InChI is InChI=1S/C23H23Cl2NO5/c1-13-11-15(31-3)6-8-16(13)21(27)19-20(17-7-5-14(24)12-18(17)25)26(9-4-10-30-2)23(29)22(19)28/h5-8,11-12,20,27H,4,9-10H2,1-3H3. The molecule has 0 aromatic heterocycles. The molecule has 164 valence electrons. The summed E-state index contributed by atoms with van der Waals surface area (Å²) in [5.41, 5.74) is 1.63. The summed E-state index contributed by atoms with van der Waals surface area (Å²) in [5, 5.41) is 11.9. The Morgan fingerprint density at radius 3 is 2.48 bits per heavy atom. The number of aliphatic hydroxyl groups excluding tert-OH is 1. The highest BCUT2D eigenvalue weighted by molar-refractivity contribution is 6.47. The summed E-state index contributed by atoms with van der Waals surface area (Å²) in [6.45, 7) is 2.47. The number of hydrogen-bond donors (Lipinski definition) is 1. The monoisotopic (exact) mass is 463 g/mol. The van der Waals surface area contributed by atoms with Gasteiger partial charge in [0.1, 0.15) is 11.5 Å². The van der Waals surface area contributed by atoms with Crippen molar-refractivity contribution < 1.29 is 24.2 Å². The van der Waals surface area contributed by atoms with Gasteiger partial charge in [-0.25, -0.2) is 0 Å². The lowest BCUT2D eigenvalue weighted by molar-refractivity contribution is -0.140. The van der Waals surface area contributed by atoms with E-state index in [0.717, 1.165) is 0 Å². The van der Waals surface area contributed by atoms with Gasteiger partial charge in [-0.15, -0.1) is 0 Å². The van der Waals surface area contributed by atoms with E-state index in [0.29, 0.717) is 45.5 Å². The van der Waals surface area contributed by atoms with Crippen LogP contribution in [0.15, 0.2) is 42.0 Å². The Kier molecular flexibility index (Phi) is 7.26. The molecule has 1 unspecified atom stereocenters. The van der Waals surface area contributed by atoms with Crippen molar-refractivity contribution in [3.63, 3.8) is 0 Å². The number of ketones is 1. The predicted octanol–water partition coefficient (Wildman–Crippen LogP) is 4.77. The molecule has 1 atom stereocenters. The average molecular weight is 464 g/mol. The highest BCUT2D eigenvalue weighted by Gasteiger charge is 2.46. The molecule has 1 aliphatic rings. The first-order valence-corrected chi connectivity index (χ1v) is 10.4. The number of likely N-dealkylation sites (tertiary alicyclic amines) is 1. The highest BCUT2D eigenvalue weighted by Crippen LogP contribution is 2.43. The number of amides is 1. The third-order valence-electron chi connectivity index (χ3n) is 5.23. The maximum atomic E-state index is 13.0. The van der Waals surface area contributed by atoms with Crippen LogP contribution in [0.3, 0.4) is 0 Å². The van der Waals surface area contributed by atoms with E-state index in [2.05, 4.69) is 0 Å². The van der Waals surface area contributed by atoms with Crippen molar-refractivity contribution in [1.29, 1.82) is 0 Å². The summed E-state index contributed by atoms with van der Waals surface area (Å²) >= 11 is 12.5. The number of Topliss-reactive ketones (excluding diaryl/α,β-unsaturated/α-hetero) is 1. The molecular formula is C23H23Cl2NO5. The Morgan fingerprint density at radius 2 is 1.87 bits per heavy atom. The van der Waals surface area contributed by atoms with E-state index in [4.69, 9.17) is 32.7 Å². The maximum absolute atomic E-state index is 13.0. The lowest BCUT2D eigenvalue weighted by Gasteiger charge is -2.26. The molecule has 0 aliphatic carbocycles. The van der Waals surface area contributed by atoms with Crippen LogP contribution < -0.4 is 4.74 Å². The van der Waals surface area contributed by atoms with Crippen molar-refractivity contribution >= 4 is 40.7 Å². The largest absolute Gasteiger partial charge is 0.507 e. The summed E-state index contributed by atoms with van der Waals surface area (Å²) in [6.07, 6.45) is 0.521. The van der Waals surface area contributed by atoms with Gasteiger partial charge in [0.15, 0.2) is 0 Å². The van der Waals surface area contributed by atoms with Crippen LogP contribution in [0.25, 0.3) is 5.76 Å². The van der Waals surface area contributed by atoms with E-state index in [9.17, 15) is 14.7 Å². The number of rotatable bonds is 7. The van der Waals surface area contributed by atoms with Crippen LogP contribution in [0.4, 0.5) is 0 Å². The highest BCUT2D eigenvalue weighted by atomic mass is 35.5. The van der Waals surface area contributed by atoms with Crippen LogP contribution in [0.2, 0.25) is 10.0 Å². The van der Waals surface area contributed by atoms with Crippen LogP contribution in [0, 0.1) is 6.92 Å². The van der Waals surface area contributed by atoms with Gasteiger partial charge in [0.2, 0.25) is 0 Å². The zero-order valence-corrected chi connectivity index (χ0v) is 19.0. The second-order valence-electron chi connectivity index (χ2n) is 7.19. The first-order valence-electron chi connectivity index (χ1n) is 9.67. The Bertz CT molecular complexity index is 1050. The Labute approximate surface area is 191 Å². The molecule has 0 radical (unpaired) electrons. The minimum Gasteiger partial charge on any atom is -0.507 e. The molecule has 8 heteroatoms. The SMILES string of the molecule is COCCCN1C(=O)C(=O)C(=C(O)c2ccc(OC)cc2C)C1c1ccc(Cl)cc1Cl. The van der Waals surface area contributed by atoms with Crippen LogP contribution in [-0.4, -0.2) is 49.1 Å². The second kappa shape index (κ2) is 9.73. The van der Waals surface area contributed by atoms with Gasteiger partial charge >= 0.3 is 0 Å². The first-order chi connectivity index (χ1) is 14.8. The second-order valence-corrected chi connectivity index (χ2v) is 8.03. The lowest BCUT2D eigenvalue weighted by atomic mass is 9.93. The van der Waals surface area contributed by atoms with Gasteiger partial charge in [0, 0.05) is 35.9 Å². The van der Waals surface area contributed by atoms with Crippen LogP contribution in [0.5, 0.6) is 5.75 Å². The van der Waals surface area contributed by atoms with Gasteiger partial charge in [-0.05, 0) is 54.8 Å². The number of carbonyl (C=O) groups is 2. The third kappa shape index (κ3) is 4.56. The van der Waals surface area contributed by atoms with E-state index < -0.39 is 17.7 Å². The molecule has 1 saturated heterocycles. The van der Waals surface area contributed by atoms with Gasteiger partial charge in [0.05, 0.1) is 18.7 Å². The van der Waals surface area contributed by atoms with Crippen molar-refractivity contribution in [2.75, 3.05) is 27.4 Å². The molecule has 31 heavy (non-hydrogen) atoms. The summed E-state index contributed by atoms with van der Waals surface area (Å²) < 4.78 is 10.3. The Morgan fingerprint density at radius 1 is 1.13 bits per heavy atom. The van der Waals surface area contributed by atoms with E-state index in [1.165, 1.54) is 4.90 Å². The molecule has 0 saturated carbocycles. The van der Waals surface area contributed by atoms with Crippen molar-refractivity contribution in [2.45, 2.75) is 19.4 Å². The van der Waals surface area contributed by atoms with Gasteiger partial charge in [-0.1, -0.05) is 29.3 Å². The van der Waals surface area contributed by atoms with Gasteiger partial charge in [-0.2, -0.15) is 0 Å². The smallest absolute Gasteiger partial charge is 0.295 e.